The lowest BCUT2D eigenvalue weighted by atomic mass is 10.1. The number of ether oxygens (including phenoxy) is 1. The van der Waals surface area contributed by atoms with Crippen LogP contribution in [0, 0.1) is 0 Å². The third kappa shape index (κ3) is 2.34. The molecule has 5 heteroatoms. The number of nitrogens with zero attached hydrogens (tertiary/aromatic N) is 3. The fourth-order valence-corrected chi connectivity index (χ4v) is 1.51. The summed E-state index contributed by atoms with van der Waals surface area (Å²) in [5.74, 6) is -0.207. The zero-order chi connectivity index (χ0) is 11.4. The first-order valence-corrected chi connectivity index (χ1v) is 5.13. The summed E-state index contributed by atoms with van der Waals surface area (Å²) in [4.78, 5) is 11.4. The number of carbonyl (C=O) groups is 1. The van der Waals surface area contributed by atoms with Gasteiger partial charge in [-0.25, -0.2) is 9.48 Å². The Bertz CT molecular complexity index is 344. The van der Waals surface area contributed by atoms with Crippen LogP contribution in [0.5, 0.6) is 0 Å². The van der Waals surface area contributed by atoms with Crippen LogP contribution in [0.15, 0.2) is 0 Å². The first-order chi connectivity index (χ1) is 7.11. The molecule has 1 aromatic rings. The highest BCUT2D eigenvalue weighted by molar-refractivity contribution is 5.88. The number of aromatic nitrogens is 3. The van der Waals surface area contributed by atoms with Crippen LogP contribution in [0.3, 0.4) is 0 Å². The van der Waals surface area contributed by atoms with E-state index in [0.29, 0.717) is 5.69 Å². The van der Waals surface area contributed by atoms with Crippen molar-refractivity contribution in [3.63, 3.8) is 0 Å². The molecule has 1 heterocycles. The van der Waals surface area contributed by atoms with Gasteiger partial charge in [0.2, 0.25) is 0 Å². The molecule has 84 valence electrons. The van der Waals surface area contributed by atoms with E-state index in [4.69, 9.17) is 0 Å². The molecule has 0 atom stereocenters. The maximum absolute atomic E-state index is 11.4. The van der Waals surface area contributed by atoms with Gasteiger partial charge in [-0.15, -0.1) is 5.10 Å². The van der Waals surface area contributed by atoms with Crippen LogP contribution in [-0.2, 0) is 11.3 Å². The number of carbonyl (C=O) groups excluding carboxylic acids is 1. The van der Waals surface area contributed by atoms with Crippen molar-refractivity contribution >= 4 is 5.97 Å². The molecule has 15 heavy (non-hydrogen) atoms. The molecule has 0 saturated carbocycles. The van der Waals surface area contributed by atoms with Crippen molar-refractivity contribution in [3.05, 3.63) is 11.4 Å². The zero-order valence-corrected chi connectivity index (χ0v) is 9.65. The van der Waals surface area contributed by atoms with E-state index in [-0.39, 0.29) is 5.92 Å². The third-order valence-electron chi connectivity index (χ3n) is 2.13. The average molecular weight is 211 g/mol. The first kappa shape index (κ1) is 11.7. The largest absolute Gasteiger partial charge is 0.464 e. The predicted molar refractivity (Wildman–Crippen MR) is 55.7 cm³/mol. The lowest BCUT2D eigenvalue weighted by Crippen LogP contribution is -2.11. The molecule has 1 aromatic heterocycles. The van der Waals surface area contributed by atoms with Gasteiger partial charge in [0.1, 0.15) is 0 Å². The molecule has 0 saturated heterocycles. The minimum Gasteiger partial charge on any atom is -0.464 e. The molecule has 0 amide bonds. The van der Waals surface area contributed by atoms with Gasteiger partial charge in [-0.1, -0.05) is 26.0 Å². The fraction of sp³-hybridized carbons (Fsp3) is 0.700. The molecule has 0 fully saturated rings. The van der Waals surface area contributed by atoms with Crippen LogP contribution in [0.4, 0.5) is 0 Å². The summed E-state index contributed by atoms with van der Waals surface area (Å²) in [6, 6.07) is 0. The molecule has 0 aliphatic rings. The van der Waals surface area contributed by atoms with Crippen LogP contribution in [-0.4, -0.2) is 28.1 Å². The molecule has 0 bridgehead atoms. The van der Waals surface area contributed by atoms with E-state index in [1.54, 1.807) is 4.68 Å². The van der Waals surface area contributed by atoms with E-state index in [1.807, 2.05) is 13.8 Å². The standard InChI is InChI=1S/C10H17N3O2/c1-5-6-13-9(7(2)3)8(11-12-13)10(14)15-4/h7H,5-6H2,1-4H3. The summed E-state index contributed by atoms with van der Waals surface area (Å²) in [6.45, 7) is 6.86. The fourth-order valence-electron chi connectivity index (χ4n) is 1.51. The summed E-state index contributed by atoms with van der Waals surface area (Å²) in [5.41, 5.74) is 1.18. The summed E-state index contributed by atoms with van der Waals surface area (Å²) in [7, 11) is 1.35. The van der Waals surface area contributed by atoms with Gasteiger partial charge in [0.05, 0.1) is 12.8 Å². The summed E-state index contributed by atoms with van der Waals surface area (Å²) in [6.07, 6.45) is 0.962. The lowest BCUT2D eigenvalue weighted by molar-refractivity contribution is 0.0592. The van der Waals surface area contributed by atoms with Gasteiger partial charge in [-0.3, -0.25) is 0 Å². The molecule has 0 aliphatic heterocycles. The average Bonchev–Trinajstić information content (AvgIpc) is 2.61. The van der Waals surface area contributed by atoms with Gasteiger partial charge < -0.3 is 4.74 Å². The minimum absolute atomic E-state index is 0.209. The number of rotatable bonds is 4. The minimum atomic E-state index is -0.416. The Kier molecular flexibility index (Phi) is 3.82. The number of hydrogen-bond donors (Lipinski definition) is 0. The third-order valence-corrected chi connectivity index (χ3v) is 2.13. The zero-order valence-electron chi connectivity index (χ0n) is 9.65. The van der Waals surface area contributed by atoms with Crippen molar-refractivity contribution in [1.29, 1.82) is 0 Å². The highest BCUT2D eigenvalue weighted by Crippen LogP contribution is 2.18. The molecule has 0 aromatic carbocycles. The van der Waals surface area contributed by atoms with Crippen molar-refractivity contribution in [1.82, 2.24) is 15.0 Å². The van der Waals surface area contributed by atoms with Crippen molar-refractivity contribution in [3.8, 4) is 0 Å². The van der Waals surface area contributed by atoms with E-state index in [1.165, 1.54) is 7.11 Å². The molecule has 0 unspecified atom stereocenters. The maximum Gasteiger partial charge on any atom is 0.360 e. The number of hydrogen-bond acceptors (Lipinski definition) is 4. The lowest BCUT2D eigenvalue weighted by Gasteiger charge is -2.08. The summed E-state index contributed by atoms with van der Waals surface area (Å²) < 4.78 is 6.44. The second-order valence-electron chi connectivity index (χ2n) is 3.69. The van der Waals surface area contributed by atoms with E-state index >= 15 is 0 Å². The summed E-state index contributed by atoms with van der Waals surface area (Å²) in [5, 5.41) is 7.83. The Morgan fingerprint density at radius 3 is 2.67 bits per heavy atom. The normalized spacial score (nSPS) is 10.7. The molecule has 0 radical (unpaired) electrons. The molecule has 0 spiro atoms. The van der Waals surface area contributed by atoms with Crippen LogP contribution in [0.2, 0.25) is 0 Å². The van der Waals surface area contributed by atoms with E-state index in [0.717, 1.165) is 18.7 Å². The second kappa shape index (κ2) is 4.91. The molecule has 0 aliphatic carbocycles. The summed E-state index contributed by atoms with van der Waals surface area (Å²) >= 11 is 0. The maximum atomic E-state index is 11.4. The van der Waals surface area contributed by atoms with Gasteiger partial charge in [-0.05, 0) is 12.3 Å². The van der Waals surface area contributed by atoms with Crippen molar-refractivity contribution < 1.29 is 9.53 Å². The second-order valence-corrected chi connectivity index (χ2v) is 3.69. The van der Waals surface area contributed by atoms with E-state index < -0.39 is 5.97 Å². The van der Waals surface area contributed by atoms with E-state index in [9.17, 15) is 4.79 Å². The molecule has 1 rings (SSSR count). The predicted octanol–water partition coefficient (Wildman–Crippen LogP) is 1.60. The highest BCUT2D eigenvalue weighted by Gasteiger charge is 2.21. The topological polar surface area (TPSA) is 57.0 Å². The van der Waals surface area contributed by atoms with Gasteiger partial charge in [0.15, 0.2) is 5.69 Å². The Morgan fingerprint density at radius 1 is 1.53 bits per heavy atom. The number of methoxy groups -OCH3 is 1. The molecule has 0 N–H and O–H groups in total. The van der Waals surface area contributed by atoms with Crippen LogP contribution < -0.4 is 0 Å². The molecular formula is C10H17N3O2. The van der Waals surface area contributed by atoms with Crippen molar-refractivity contribution in [2.24, 2.45) is 0 Å². The van der Waals surface area contributed by atoms with Crippen molar-refractivity contribution in [2.75, 3.05) is 7.11 Å². The number of esters is 1. The Hall–Kier alpha value is -1.39. The van der Waals surface area contributed by atoms with E-state index in [2.05, 4.69) is 22.0 Å². The quantitative estimate of drug-likeness (QED) is 0.710. The van der Waals surface area contributed by atoms with Gasteiger partial charge >= 0.3 is 5.97 Å². The van der Waals surface area contributed by atoms with Crippen molar-refractivity contribution in [2.45, 2.75) is 39.7 Å². The first-order valence-electron chi connectivity index (χ1n) is 5.13. The van der Waals surface area contributed by atoms with Gasteiger partial charge in [0.25, 0.3) is 0 Å². The monoisotopic (exact) mass is 211 g/mol. The Labute approximate surface area is 89.4 Å². The SMILES string of the molecule is CCCn1nnc(C(=O)OC)c1C(C)C. The number of aryl methyl sites for hydroxylation is 1. The highest BCUT2D eigenvalue weighted by atomic mass is 16.5. The van der Waals surface area contributed by atoms with Crippen LogP contribution in [0.1, 0.15) is 49.3 Å². The Morgan fingerprint density at radius 2 is 2.20 bits per heavy atom. The van der Waals surface area contributed by atoms with Crippen LogP contribution >= 0.6 is 0 Å². The Balaban J connectivity index is 3.11. The van der Waals surface area contributed by atoms with Gasteiger partial charge in [0, 0.05) is 6.54 Å². The van der Waals surface area contributed by atoms with Gasteiger partial charge in [-0.2, -0.15) is 0 Å². The molecule has 5 nitrogen and oxygen atoms in total. The van der Waals surface area contributed by atoms with Crippen LogP contribution in [0.25, 0.3) is 0 Å². The smallest absolute Gasteiger partial charge is 0.360 e. The molecular weight excluding hydrogens is 194 g/mol.